The first kappa shape index (κ1) is 12.4. The molecule has 0 radical (unpaired) electrons. The van der Waals surface area contributed by atoms with Crippen LogP contribution in [0.4, 0.5) is 5.69 Å². The van der Waals surface area contributed by atoms with Crippen molar-refractivity contribution in [3.63, 3.8) is 0 Å². The van der Waals surface area contributed by atoms with Gasteiger partial charge in [0.25, 0.3) is 0 Å². The second-order valence-electron chi connectivity index (χ2n) is 3.90. The first-order chi connectivity index (χ1) is 8.58. The van der Waals surface area contributed by atoms with Gasteiger partial charge in [-0.3, -0.25) is 0 Å². The van der Waals surface area contributed by atoms with E-state index in [4.69, 9.17) is 11.0 Å². The minimum Gasteiger partial charge on any atom is -0.398 e. The monoisotopic (exact) mass is 256 g/mol. The number of hydrogen-bond acceptors (Lipinski definition) is 5. The number of nitriles is 1. The summed E-state index contributed by atoms with van der Waals surface area (Å²) in [7, 11) is 0. The van der Waals surface area contributed by atoms with Crippen LogP contribution in [0, 0.1) is 25.2 Å². The highest BCUT2D eigenvalue weighted by molar-refractivity contribution is 7.99. The van der Waals surface area contributed by atoms with E-state index in [1.165, 1.54) is 11.8 Å². The van der Waals surface area contributed by atoms with E-state index >= 15 is 0 Å². The van der Waals surface area contributed by atoms with Crippen molar-refractivity contribution >= 4 is 17.4 Å². The quantitative estimate of drug-likeness (QED) is 0.660. The van der Waals surface area contributed by atoms with E-state index in [9.17, 15) is 0 Å². The molecule has 0 atom stereocenters. The normalized spacial score (nSPS) is 10.1. The molecule has 0 aliphatic carbocycles. The van der Waals surface area contributed by atoms with Crippen molar-refractivity contribution in [2.24, 2.45) is 0 Å². The van der Waals surface area contributed by atoms with Crippen LogP contribution in [0.5, 0.6) is 0 Å². The Labute approximate surface area is 110 Å². The lowest BCUT2D eigenvalue weighted by Crippen LogP contribution is -1.93. The van der Waals surface area contributed by atoms with Crippen LogP contribution in [0.3, 0.4) is 0 Å². The minimum absolute atomic E-state index is 0.479. The minimum atomic E-state index is 0.479. The standard InChI is InChI=1S/C13H12N4S/c1-8-5-9(2)17-13(16-8)18-11-4-3-10(7-14)12(15)6-11/h3-6H,15H2,1-2H3. The molecule has 2 N–H and O–H groups in total. The number of rotatable bonds is 2. The highest BCUT2D eigenvalue weighted by Gasteiger charge is 2.05. The molecular formula is C13H12N4S. The van der Waals surface area contributed by atoms with E-state index in [-0.39, 0.29) is 0 Å². The van der Waals surface area contributed by atoms with Gasteiger partial charge in [0.1, 0.15) is 6.07 Å². The maximum Gasteiger partial charge on any atom is 0.192 e. The predicted octanol–water partition coefficient (Wildman–Crippen LogP) is 2.70. The number of anilines is 1. The molecule has 0 unspecified atom stereocenters. The molecule has 2 aromatic rings. The Morgan fingerprint density at radius 3 is 2.39 bits per heavy atom. The highest BCUT2D eigenvalue weighted by atomic mass is 32.2. The Kier molecular flexibility index (Phi) is 3.49. The zero-order chi connectivity index (χ0) is 13.1. The third-order valence-corrected chi connectivity index (χ3v) is 3.17. The number of nitrogens with zero attached hydrogens (tertiary/aromatic N) is 3. The Hall–Kier alpha value is -2.06. The summed E-state index contributed by atoms with van der Waals surface area (Å²) in [5.74, 6) is 0. The number of benzene rings is 1. The van der Waals surface area contributed by atoms with Crippen LogP contribution < -0.4 is 5.73 Å². The molecule has 0 saturated heterocycles. The molecule has 0 bridgehead atoms. The van der Waals surface area contributed by atoms with Crippen LogP contribution in [0.2, 0.25) is 0 Å². The largest absolute Gasteiger partial charge is 0.398 e. The Balaban J connectivity index is 2.29. The lowest BCUT2D eigenvalue weighted by molar-refractivity contribution is 0.902. The fourth-order valence-electron chi connectivity index (χ4n) is 1.55. The molecule has 0 spiro atoms. The molecular weight excluding hydrogens is 244 g/mol. The third-order valence-electron chi connectivity index (χ3n) is 2.31. The number of aromatic nitrogens is 2. The summed E-state index contributed by atoms with van der Waals surface area (Å²) in [5, 5.41) is 9.50. The van der Waals surface area contributed by atoms with Crippen molar-refractivity contribution in [3.8, 4) is 6.07 Å². The number of aryl methyl sites for hydroxylation is 2. The first-order valence-electron chi connectivity index (χ1n) is 5.38. The lowest BCUT2D eigenvalue weighted by Gasteiger charge is -2.04. The van der Waals surface area contributed by atoms with Crippen LogP contribution in [0.25, 0.3) is 0 Å². The topological polar surface area (TPSA) is 75.6 Å². The molecule has 0 fully saturated rings. The third kappa shape index (κ3) is 2.79. The Morgan fingerprint density at radius 1 is 1.17 bits per heavy atom. The zero-order valence-corrected chi connectivity index (χ0v) is 11.0. The van der Waals surface area contributed by atoms with Gasteiger partial charge in [-0.15, -0.1) is 0 Å². The zero-order valence-electron chi connectivity index (χ0n) is 10.1. The SMILES string of the molecule is Cc1cc(C)nc(Sc2ccc(C#N)c(N)c2)n1. The van der Waals surface area contributed by atoms with Crippen LogP contribution in [0.15, 0.2) is 34.3 Å². The lowest BCUT2D eigenvalue weighted by atomic mass is 10.2. The van der Waals surface area contributed by atoms with E-state index in [0.717, 1.165) is 16.3 Å². The summed E-state index contributed by atoms with van der Waals surface area (Å²) < 4.78 is 0. The van der Waals surface area contributed by atoms with Gasteiger partial charge in [0.2, 0.25) is 0 Å². The fourth-order valence-corrected chi connectivity index (χ4v) is 2.46. The maximum absolute atomic E-state index is 8.81. The van der Waals surface area contributed by atoms with Crippen molar-refractivity contribution < 1.29 is 0 Å². The maximum atomic E-state index is 8.81. The van der Waals surface area contributed by atoms with Crippen LogP contribution in [-0.4, -0.2) is 9.97 Å². The Bertz CT molecular complexity index is 611. The molecule has 1 aromatic carbocycles. The van der Waals surface area contributed by atoms with Crippen molar-refractivity contribution in [2.75, 3.05) is 5.73 Å². The van der Waals surface area contributed by atoms with Gasteiger partial charge < -0.3 is 5.73 Å². The molecule has 18 heavy (non-hydrogen) atoms. The van der Waals surface area contributed by atoms with E-state index in [0.29, 0.717) is 16.4 Å². The van der Waals surface area contributed by atoms with E-state index in [1.807, 2.05) is 32.0 Å². The molecule has 90 valence electrons. The van der Waals surface area contributed by atoms with Crippen LogP contribution in [0.1, 0.15) is 17.0 Å². The summed E-state index contributed by atoms with van der Waals surface area (Å²) >= 11 is 1.44. The van der Waals surface area contributed by atoms with Crippen molar-refractivity contribution in [1.82, 2.24) is 9.97 Å². The van der Waals surface area contributed by atoms with Crippen molar-refractivity contribution in [2.45, 2.75) is 23.9 Å². The van der Waals surface area contributed by atoms with Crippen molar-refractivity contribution in [1.29, 1.82) is 5.26 Å². The van der Waals surface area contributed by atoms with Gasteiger partial charge in [-0.2, -0.15) is 5.26 Å². The summed E-state index contributed by atoms with van der Waals surface area (Å²) in [4.78, 5) is 9.62. The van der Waals surface area contributed by atoms with Gasteiger partial charge in [-0.25, -0.2) is 9.97 Å². The van der Waals surface area contributed by atoms with Gasteiger partial charge in [0.05, 0.1) is 11.3 Å². The molecule has 4 nitrogen and oxygen atoms in total. The predicted molar refractivity (Wildman–Crippen MR) is 71.2 cm³/mol. The molecule has 0 aliphatic rings. The molecule has 2 rings (SSSR count). The smallest absolute Gasteiger partial charge is 0.192 e. The Morgan fingerprint density at radius 2 is 1.83 bits per heavy atom. The molecule has 1 aromatic heterocycles. The van der Waals surface area contributed by atoms with Gasteiger partial charge in [0.15, 0.2) is 5.16 Å². The molecule has 0 saturated carbocycles. The van der Waals surface area contributed by atoms with E-state index in [2.05, 4.69) is 9.97 Å². The first-order valence-corrected chi connectivity index (χ1v) is 6.20. The number of hydrogen-bond donors (Lipinski definition) is 1. The van der Waals surface area contributed by atoms with Gasteiger partial charge in [-0.05, 0) is 49.9 Å². The van der Waals surface area contributed by atoms with Crippen LogP contribution in [-0.2, 0) is 0 Å². The summed E-state index contributed by atoms with van der Waals surface area (Å²) in [6.45, 7) is 3.87. The average molecular weight is 256 g/mol. The summed E-state index contributed by atoms with van der Waals surface area (Å²) in [6, 6.07) is 9.29. The fraction of sp³-hybridized carbons (Fsp3) is 0.154. The summed E-state index contributed by atoms with van der Waals surface area (Å²) in [5.41, 5.74) is 8.61. The van der Waals surface area contributed by atoms with E-state index in [1.54, 1.807) is 12.1 Å². The van der Waals surface area contributed by atoms with Crippen LogP contribution >= 0.6 is 11.8 Å². The second kappa shape index (κ2) is 5.07. The molecule has 1 heterocycles. The molecule has 5 heteroatoms. The van der Waals surface area contributed by atoms with Gasteiger partial charge in [-0.1, -0.05) is 0 Å². The number of nitrogens with two attached hydrogens (primary N) is 1. The van der Waals surface area contributed by atoms with Crippen molar-refractivity contribution in [3.05, 3.63) is 41.2 Å². The highest BCUT2D eigenvalue weighted by Crippen LogP contribution is 2.27. The van der Waals surface area contributed by atoms with E-state index < -0.39 is 0 Å². The average Bonchev–Trinajstić information content (AvgIpc) is 2.27. The molecule has 0 aliphatic heterocycles. The number of nitrogen functional groups attached to an aromatic ring is 1. The van der Waals surface area contributed by atoms with Gasteiger partial charge in [0, 0.05) is 16.3 Å². The van der Waals surface area contributed by atoms with Gasteiger partial charge >= 0.3 is 0 Å². The molecule has 0 amide bonds. The summed E-state index contributed by atoms with van der Waals surface area (Å²) in [6.07, 6.45) is 0. The second-order valence-corrected chi connectivity index (χ2v) is 4.94.